The minimum atomic E-state index is -0.858. The van der Waals surface area contributed by atoms with Gasteiger partial charge < -0.3 is 14.6 Å². The third-order valence-corrected chi connectivity index (χ3v) is 12.6. The predicted molar refractivity (Wildman–Crippen MR) is 143 cm³/mol. The number of hydrogen-bond acceptors (Lipinski definition) is 5. The van der Waals surface area contributed by atoms with Crippen molar-refractivity contribution >= 4 is 11.9 Å². The number of rotatable bonds is 4. The maximum absolute atomic E-state index is 13.0. The van der Waals surface area contributed by atoms with Crippen LogP contribution < -0.4 is 0 Å². The van der Waals surface area contributed by atoms with E-state index in [-0.39, 0.29) is 51.7 Å². The number of hydrogen-bond donors (Lipinski definition) is 1. The van der Waals surface area contributed by atoms with Gasteiger partial charge in [-0.2, -0.15) is 0 Å². The van der Waals surface area contributed by atoms with Gasteiger partial charge in [0.2, 0.25) is 0 Å². The Kier molecular flexibility index (Phi) is 6.30. The highest BCUT2D eigenvalue weighted by Gasteiger charge is 2.69. The lowest BCUT2D eigenvalue weighted by Crippen LogP contribution is -2.64. The third-order valence-electron chi connectivity index (χ3n) is 12.6. The van der Waals surface area contributed by atoms with Crippen LogP contribution in [0.25, 0.3) is 0 Å². The molecule has 0 amide bonds. The summed E-state index contributed by atoms with van der Waals surface area (Å²) < 4.78 is 11.6. The zero-order valence-electron chi connectivity index (χ0n) is 24.5. The topological polar surface area (TPSA) is 72.8 Å². The van der Waals surface area contributed by atoms with Crippen molar-refractivity contribution in [1.29, 1.82) is 0 Å². The van der Waals surface area contributed by atoms with Crippen molar-refractivity contribution in [2.45, 2.75) is 131 Å². The molecule has 0 aromatic heterocycles. The van der Waals surface area contributed by atoms with E-state index in [1.54, 1.807) is 20.8 Å². The van der Waals surface area contributed by atoms with Crippen LogP contribution in [0.2, 0.25) is 0 Å². The van der Waals surface area contributed by atoms with E-state index in [9.17, 15) is 14.7 Å². The Bertz CT molecular complexity index is 990. The molecule has 4 aliphatic carbocycles. The molecule has 4 saturated carbocycles. The van der Waals surface area contributed by atoms with E-state index in [2.05, 4.69) is 34.6 Å². The Morgan fingerprint density at radius 3 is 2.32 bits per heavy atom. The maximum atomic E-state index is 13.0. The highest BCUT2D eigenvalue weighted by atomic mass is 16.6. The first kappa shape index (κ1) is 27.2. The van der Waals surface area contributed by atoms with E-state index < -0.39 is 5.60 Å². The average molecular weight is 515 g/mol. The number of aliphatic hydroxyl groups is 1. The largest absolute Gasteiger partial charge is 0.462 e. The number of fused-ring (bicyclic) bond motifs is 5. The summed E-state index contributed by atoms with van der Waals surface area (Å²) >= 11 is 0. The third kappa shape index (κ3) is 4.03. The van der Waals surface area contributed by atoms with E-state index in [0.29, 0.717) is 24.2 Å². The van der Waals surface area contributed by atoms with Crippen LogP contribution in [0.5, 0.6) is 0 Å². The SMILES string of the molecule is CC(=O)O[C@H]1CC[C@]2(C)[C@H]3CC[C@@H]4[C@@H](C5=C[C@H](CC(C)(C)O)OC5=O)CC[C@@]4(C)[C@]3(C)CC[C@H]2C1(C)C. The van der Waals surface area contributed by atoms with Crippen molar-refractivity contribution in [3.63, 3.8) is 0 Å². The van der Waals surface area contributed by atoms with Gasteiger partial charge in [0.1, 0.15) is 12.2 Å². The summed E-state index contributed by atoms with van der Waals surface area (Å²) in [6.45, 7) is 17.5. The van der Waals surface area contributed by atoms with Crippen molar-refractivity contribution in [2.75, 3.05) is 0 Å². The van der Waals surface area contributed by atoms with Crippen LogP contribution in [0.1, 0.15) is 113 Å². The van der Waals surface area contributed by atoms with Crippen molar-refractivity contribution in [3.8, 4) is 0 Å². The van der Waals surface area contributed by atoms with E-state index >= 15 is 0 Å². The minimum Gasteiger partial charge on any atom is -0.462 e. The van der Waals surface area contributed by atoms with Gasteiger partial charge in [0.25, 0.3) is 0 Å². The van der Waals surface area contributed by atoms with Gasteiger partial charge in [0.15, 0.2) is 0 Å². The summed E-state index contributed by atoms with van der Waals surface area (Å²) in [6.07, 6.45) is 11.2. The highest BCUT2D eigenvalue weighted by molar-refractivity contribution is 5.91. The normalized spacial score (nSPS) is 46.8. The van der Waals surface area contributed by atoms with Gasteiger partial charge in [0.05, 0.1) is 5.60 Å². The van der Waals surface area contributed by atoms with Crippen LogP contribution in [0, 0.1) is 45.3 Å². The lowest BCUT2D eigenvalue weighted by Gasteiger charge is -2.69. The summed E-state index contributed by atoms with van der Waals surface area (Å²) in [5.41, 5.74) is 0.666. The zero-order valence-corrected chi connectivity index (χ0v) is 24.5. The standard InChI is InChI=1S/C32H50O5/c1-19(33)36-26-13-14-30(6)24(29(26,4)5)12-16-32(8)25(30)10-9-23-21(11-15-31(23,32)7)22-17-20(37-27(22)34)18-28(2,3)35/h17,20-21,23-26,35H,9-16,18H2,1-8H3/t20-,21-,23-,24+,25-,26+,30+,31-,32-/m1/s1. The van der Waals surface area contributed by atoms with Crippen LogP contribution >= 0.6 is 0 Å². The molecule has 0 aromatic rings. The van der Waals surface area contributed by atoms with E-state index in [1.807, 2.05) is 6.08 Å². The smallest absolute Gasteiger partial charge is 0.334 e. The molecule has 0 saturated heterocycles. The molecule has 9 atom stereocenters. The first-order valence-electron chi connectivity index (χ1n) is 14.9. The number of ether oxygens (including phenoxy) is 2. The fraction of sp³-hybridized carbons (Fsp3) is 0.875. The van der Waals surface area contributed by atoms with Crippen LogP contribution in [0.4, 0.5) is 0 Å². The quantitative estimate of drug-likeness (QED) is 0.427. The fourth-order valence-electron chi connectivity index (χ4n) is 10.9. The average Bonchev–Trinajstić information content (AvgIpc) is 3.28. The fourth-order valence-corrected chi connectivity index (χ4v) is 10.9. The Hall–Kier alpha value is -1.36. The maximum Gasteiger partial charge on any atom is 0.334 e. The van der Waals surface area contributed by atoms with Gasteiger partial charge >= 0.3 is 11.9 Å². The predicted octanol–water partition coefficient (Wildman–Crippen LogP) is 6.62. The van der Waals surface area contributed by atoms with Crippen molar-refractivity contribution in [2.24, 2.45) is 45.3 Å². The number of cyclic esters (lactones) is 1. The second kappa shape index (κ2) is 8.57. The van der Waals surface area contributed by atoms with Gasteiger partial charge in [-0.15, -0.1) is 0 Å². The number of carbonyl (C=O) groups is 2. The molecule has 0 unspecified atom stereocenters. The molecule has 5 rings (SSSR count). The monoisotopic (exact) mass is 514 g/mol. The summed E-state index contributed by atoms with van der Waals surface area (Å²) in [5.74, 6) is 1.64. The lowest BCUT2D eigenvalue weighted by molar-refractivity contribution is -0.226. The summed E-state index contributed by atoms with van der Waals surface area (Å²) in [5, 5.41) is 10.3. The molecule has 0 bridgehead atoms. The lowest BCUT2D eigenvalue weighted by atomic mass is 9.35. The van der Waals surface area contributed by atoms with Crippen LogP contribution in [0.3, 0.4) is 0 Å². The van der Waals surface area contributed by atoms with Crippen LogP contribution in [-0.2, 0) is 19.1 Å². The van der Waals surface area contributed by atoms with Crippen molar-refractivity contribution in [1.82, 2.24) is 0 Å². The second-order valence-corrected chi connectivity index (χ2v) is 15.4. The van der Waals surface area contributed by atoms with Crippen LogP contribution in [0.15, 0.2) is 11.6 Å². The summed E-state index contributed by atoms with van der Waals surface area (Å²) in [4.78, 5) is 24.9. The van der Waals surface area contributed by atoms with E-state index in [4.69, 9.17) is 9.47 Å². The van der Waals surface area contributed by atoms with Crippen molar-refractivity contribution in [3.05, 3.63) is 11.6 Å². The summed E-state index contributed by atoms with van der Waals surface area (Å²) in [6, 6.07) is 0. The first-order valence-corrected chi connectivity index (χ1v) is 14.9. The molecule has 4 fully saturated rings. The van der Waals surface area contributed by atoms with Gasteiger partial charge in [-0.05, 0) is 111 Å². The first-order chi connectivity index (χ1) is 17.0. The molecule has 0 spiro atoms. The van der Waals surface area contributed by atoms with Crippen molar-refractivity contribution < 1.29 is 24.2 Å². The molecule has 5 heteroatoms. The molecule has 1 N–H and O–H groups in total. The van der Waals surface area contributed by atoms with Gasteiger partial charge in [0, 0.05) is 24.3 Å². The minimum absolute atomic E-state index is 0.00683. The van der Waals surface area contributed by atoms with Gasteiger partial charge in [-0.25, -0.2) is 4.79 Å². The molecule has 37 heavy (non-hydrogen) atoms. The molecule has 5 nitrogen and oxygen atoms in total. The molecular formula is C32H50O5. The number of carbonyl (C=O) groups excluding carboxylic acids is 2. The van der Waals surface area contributed by atoms with Gasteiger partial charge in [-0.1, -0.05) is 34.6 Å². The van der Waals surface area contributed by atoms with Crippen LogP contribution in [-0.4, -0.2) is 34.9 Å². The van der Waals surface area contributed by atoms with E-state index in [1.165, 1.54) is 19.3 Å². The Morgan fingerprint density at radius 1 is 1.00 bits per heavy atom. The Morgan fingerprint density at radius 2 is 1.68 bits per heavy atom. The molecule has 1 heterocycles. The summed E-state index contributed by atoms with van der Waals surface area (Å²) in [7, 11) is 0. The molecule has 0 radical (unpaired) electrons. The molecule has 1 aliphatic heterocycles. The Balaban J connectivity index is 1.41. The molecule has 0 aromatic carbocycles. The number of esters is 2. The van der Waals surface area contributed by atoms with Gasteiger partial charge in [-0.3, -0.25) is 4.79 Å². The second-order valence-electron chi connectivity index (χ2n) is 15.4. The van der Waals surface area contributed by atoms with E-state index in [0.717, 1.165) is 37.7 Å². The molecule has 208 valence electrons. The zero-order chi connectivity index (χ0) is 27.2. The highest BCUT2D eigenvalue weighted by Crippen LogP contribution is 2.75. The Labute approximate surface area is 224 Å². The molecule has 5 aliphatic rings. The molecular weight excluding hydrogens is 464 g/mol.